The normalized spacial score (nSPS) is 26.6. The summed E-state index contributed by atoms with van der Waals surface area (Å²) in [5, 5.41) is 12.2. The fourth-order valence-corrected chi connectivity index (χ4v) is 3.19. The summed E-state index contributed by atoms with van der Waals surface area (Å²) in [5.41, 5.74) is 4.92. The number of carbonyl (C=O) groups is 1. The molecule has 0 saturated carbocycles. The maximum Gasteiger partial charge on any atom is 0.236 e. The number of hydrogen-bond donors (Lipinski definition) is 2. The zero-order valence-corrected chi connectivity index (χ0v) is 12.6. The van der Waals surface area contributed by atoms with Crippen LogP contribution in [-0.2, 0) is 14.3 Å². The number of nitrogens with two attached hydrogens (primary N) is 1. The maximum atomic E-state index is 13.0. The van der Waals surface area contributed by atoms with E-state index in [1.807, 2.05) is 6.92 Å². The first-order valence-electron chi connectivity index (χ1n) is 7.60. The van der Waals surface area contributed by atoms with Gasteiger partial charge in [0.2, 0.25) is 5.91 Å². The molecule has 0 bridgehead atoms. The van der Waals surface area contributed by atoms with Gasteiger partial charge in [-0.25, -0.2) is 0 Å². The highest BCUT2D eigenvalue weighted by Gasteiger charge is 2.47. The predicted molar refractivity (Wildman–Crippen MR) is 77.1 cm³/mol. The minimum Gasteiger partial charge on any atom is -0.409 e. The molecule has 21 heavy (non-hydrogen) atoms. The van der Waals surface area contributed by atoms with E-state index in [2.05, 4.69) is 5.16 Å². The van der Waals surface area contributed by atoms with Crippen molar-refractivity contribution >= 4 is 11.7 Å². The summed E-state index contributed by atoms with van der Waals surface area (Å²) in [6.45, 7) is 4.77. The third-order valence-corrected chi connectivity index (χ3v) is 4.42. The molecule has 120 valence electrons. The van der Waals surface area contributed by atoms with Gasteiger partial charge in [0.25, 0.3) is 0 Å². The summed E-state index contributed by atoms with van der Waals surface area (Å²) >= 11 is 0. The van der Waals surface area contributed by atoms with E-state index in [0.29, 0.717) is 45.8 Å². The van der Waals surface area contributed by atoms with Crippen molar-refractivity contribution in [2.75, 3.05) is 32.9 Å². The second-order valence-electron chi connectivity index (χ2n) is 5.65. The second kappa shape index (κ2) is 7.09. The number of rotatable bonds is 4. The zero-order chi connectivity index (χ0) is 15.3. The lowest BCUT2D eigenvalue weighted by molar-refractivity contribution is -0.146. The summed E-state index contributed by atoms with van der Waals surface area (Å²) in [6.07, 6.45) is 2.88. The van der Waals surface area contributed by atoms with Crippen molar-refractivity contribution in [2.45, 2.75) is 38.7 Å². The van der Waals surface area contributed by atoms with Gasteiger partial charge in [-0.3, -0.25) is 4.79 Å². The second-order valence-corrected chi connectivity index (χ2v) is 5.65. The van der Waals surface area contributed by atoms with E-state index in [4.69, 9.17) is 20.4 Å². The molecular formula is C14H25N3O4. The highest BCUT2D eigenvalue weighted by atomic mass is 16.5. The van der Waals surface area contributed by atoms with E-state index >= 15 is 0 Å². The van der Waals surface area contributed by atoms with E-state index < -0.39 is 5.41 Å². The molecular weight excluding hydrogens is 274 g/mol. The zero-order valence-electron chi connectivity index (χ0n) is 12.6. The van der Waals surface area contributed by atoms with Gasteiger partial charge in [-0.15, -0.1) is 0 Å². The van der Waals surface area contributed by atoms with Crippen LogP contribution in [0.25, 0.3) is 0 Å². The van der Waals surface area contributed by atoms with Crippen LogP contribution in [0.4, 0.5) is 0 Å². The Labute approximate surface area is 125 Å². The molecule has 0 spiro atoms. The third kappa shape index (κ3) is 3.29. The SMILES string of the molecule is CCOC1CCCN(C(=O)C2(C(N)=NO)CCOCC2)C1. The van der Waals surface area contributed by atoms with Gasteiger partial charge in [-0.05, 0) is 32.6 Å². The van der Waals surface area contributed by atoms with Gasteiger partial charge < -0.3 is 25.3 Å². The van der Waals surface area contributed by atoms with Gasteiger partial charge in [-0.2, -0.15) is 0 Å². The maximum absolute atomic E-state index is 13.0. The smallest absolute Gasteiger partial charge is 0.236 e. The van der Waals surface area contributed by atoms with Gasteiger partial charge in [0.1, 0.15) is 5.41 Å². The van der Waals surface area contributed by atoms with E-state index in [0.717, 1.165) is 12.8 Å². The number of ether oxygens (including phenoxy) is 2. The Kier molecular flexibility index (Phi) is 5.41. The van der Waals surface area contributed by atoms with Crippen molar-refractivity contribution in [1.29, 1.82) is 0 Å². The van der Waals surface area contributed by atoms with Crippen molar-refractivity contribution in [3.63, 3.8) is 0 Å². The highest BCUT2D eigenvalue weighted by molar-refractivity contribution is 6.06. The molecule has 2 aliphatic rings. The van der Waals surface area contributed by atoms with Gasteiger partial charge in [-0.1, -0.05) is 5.16 Å². The summed E-state index contributed by atoms with van der Waals surface area (Å²) in [5.74, 6) is -0.0696. The molecule has 1 atom stereocenters. The lowest BCUT2D eigenvalue weighted by Crippen LogP contribution is -2.56. The Morgan fingerprint density at radius 3 is 2.86 bits per heavy atom. The highest BCUT2D eigenvalue weighted by Crippen LogP contribution is 2.34. The molecule has 0 aliphatic carbocycles. The lowest BCUT2D eigenvalue weighted by atomic mass is 9.77. The largest absolute Gasteiger partial charge is 0.409 e. The van der Waals surface area contributed by atoms with Gasteiger partial charge in [0, 0.05) is 32.9 Å². The quantitative estimate of drug-likeness (QED) is 0.342. The van der Waals surface area contributed by atoms with Crippen molar-refractivity contribution in [2.24, 2.45) is 16.3 Å². The average molecular weight is 299 g/mol. The lowest BCUT2D eigenvalue weighted by Gasteiger charge is -2.41. The number of carbonyl (C=O) groups excluding carboxylic acids is 1. The first kappa shape index (κ1) is 16.0. The number of likely N-dealkylation sites (tertiary alicyclic amines) is 1. The molecule has 7 heteroatoms. The first-order chi connectivity index (χ1) is 10.1. The summed E-state index contributed by atoms with van der Waals surface area (Å²) in [4.78, 5) is 14.8. The predicted octanol–water partition coefficient (Wildman–Crippen LogP) is 0.557. The van der Waals surface area contributed by atoms with Crippen molar-refractivity contribution in [3.8, 4) is 0 Å². The van der Waals surface area contributed by atoms with E-state index in [1.54, 1.807) is 4.90 Å². The van der Waals surface area contributed by atoms with Gasteiger partial charge in [0.05, 0.1) is 6.10 Å². The van der Waals surface area contributed by atoms with Crippen LogP contribution in [0.1, 0.15) is 32.6 Å². The van der Waals surface area contributed by atoms with Crippen LogP contribution < -0.4 is 5.73 Å². The molecule has 2 heterocycles. The molecule has 3 N–H and O–H groups in total. The molecule has 2 saturated heterocycles. The molecule has 2 rings (SSSR count). The van der Waals surface area contributed by atoms with Crippen LogP contribution in [0.5, 0.6) is 0 Å². The summed E-state index contributed by atoms with van der Waals surface area (Å²) in [6, 6.07) is 0. The number of amidine groups is 1. The molecule has 2 fully saturated rings. The number of nitrogens with zero attached hydrogens (tertiary/aromatic N) is 2. The Bertz CT molecular complexity index is 392. The summed E-state index contributed by atoms with van der Waals surface area (Å²) in [7, 11) is 0. The Hall–Kier alpha value is -1.34. The van der Waals surface area contributed by atoms with Crippen molar-refractivity contribution in [1.82, 2.24) is 4.90 Å². The molecule has 1 amide bonds. The van der Waals surface area contributed by atoms with Crippen molar-refractivity contribution in [3.05, 3.63) is 0 Å². The number of amides is 1. The Morgan fingerprint density at radius 1 is 1.52 bits per heavy atom. The third-order valence-electron chi connectivity index (χ3n) is 4.42. The topological polar surface area (TPSA) is 97.4 Å². The molecule has 0 aromatic heterocycles. The van der Waals surface area contributed by atoms with Gasteiger partial charge in [0.15, 0.2) is 5.84 Å². The van der Waals surface area contributed by atoms with Crippen LogP contribution in [0.3, 0.4) is 0 Å². The van der Waals surface area contributed by atoms with E-state index in [9.17, 15) is 4.79 Å². The number of piperidine rings is 1. The Balaban J connectivity index is 2.14. The van der Waals surface area contributed by atoms with Crippen LogP contribution in [-0.4, -0.2) is 60.9 Å². The molecule has 7 nitrogen and oxygen atoms in total. The number of hydrogen-bond acceptors (Lipinski definition) is 5. The monoisotopic (exact) mass is 299 g/mol. The summed E-state index contributed by atoms with van der Waals surface area (Å²) < 4.78 is 11.0. The standard InChI is InChI=1S/C14H25N3O4/c1-2-21-11-4-3-7-17(10-11)13(18)14(12(15)16-19)5-8-20-9-6-14/h11,19H,2-10H2,1H3,(H2,15,16). The molecule has 0 radical (unpaired) electrons. The van der Waals surface area contributed by atoms with Crippen LogP contribution in [0.2, 0.25) is 0 Å². The minimum absolute atomic E-state index is 0.00525. The molecule has 0 aromatic carbocycles. The van der Waals surface area contributed by atoms with Crippen LogP contribution >= 0.6 is 0 Å². The Morgan fingerprint density at radius 2 is 2.24 bits per heavy atom. The van der Waals surface area contributed by atoms with Crippen molar-refractivity contribution < 1.29 is 19.5 Å². The van der Waals surface area contributed by atoms with Crippen LogP contribution in [0.15, 0.2) is 5.16 Å². The van der Waals surface area contributed by atoms with E-state index in [-0.39, 0.29) is 17.8 Å². The average Bonchev–Trinajstić information content (AvgIpc) is 2.54. The minimum atomic E-state index is -0.929. The molecule has 2 aliphatic heterocycles. The van der Waals surface area contributed by atoms with Crippen LogP contribution in [0, 0.1) is 5.41 Å². The fourth-order valence-electron chi connectivity index (χ4n) is 3.19. The molecule has 1 unspecified atom stereocenters. The van der Waals surface area contributed by atoms with Gasteiger partial charge >= 0.3 is 0 Å². The van der Waals surface area contributed by atoms with E-state index in [1.165, 1.54) is 0 Å². The molecule has 0 aromatic rings. The fraction of sp³-hybridized carbons (Fsp3) is 0.857. The number of oxime groups is 1. The first-order valence-corrected chi connectivity index (χ1v) is 7.60.